The zero-order chi connectivity index (χ0) is 13.8. The molecule has 3 nitrogen and oxygen atoms in total. The molecule has 0 aromatic carbocycles. The van der Waals surface area contributed by atoms with Gasteiger partial charge in [-0.05, 0) is 38.4 Å². The van der Waals surface area contributed by atoms with E-state index in [2.05, 4.69) is 37.1 Å². The van der Waals surface area contributed by atoms with Crippen molar-refractivity contribution in [3.63, 3.8) is 0 Å². The summed E-state index contributed by atoms with van der Waals surface area (Å²) in [6, 6.07) is 2.17. The molecule has 2 heterocycles. The Balaban J connectivity index is 2.41. The maximum atomic E-state index is 4.80. The van der Waals surface area contributed by atoms with Crippen LogP contribution in [-0.4, -0.2) is 17.0 Å². The van der Waals surface area contributed by atoms with Crippen molar-refractivity contribution in [2.45, 2.75) is 40.2 Å². The van der Waals surface area contributed by atoms with Gasteiger partial charge < -0.3 is 5.32 Å². The molecule has 0 saturated carbocycles. The summed E-state index contributed by atoms with van der Waals surface area (Å²) in [5.41, 5.74) is 4.64. The minimum atomic E-state index is 0.887. The SMILES string of the molecule is CCCc1nc(-c2ncc(C)cc2C)sc1CNC. The van der Waals surface area contributed by atoms with Crippen molar-refractivity contribution in [2.75, 3.05) is 7.05 Å². The van der Waals surface area contributed by atoms with Gasteiger partial charge in [-0.25, -0.2) is 4.98 Å². The van der Waals surface area contributed by atoms with Crippen LogP contribution in [-0.2, 0) is 13.0 Å². The van der Waals surface area contributed by atoms with Crippen LogP contribution in [0.25, 0.3) is 10.7 Å². The molecule has 19 heavy (non-hydrogen) atoms. The van der Waals surface area contributed by atoms with E-state index in [0.717, 1.165) is 30.1 Å². The highest BCUT2D eigenvalue weighted by atomic mass is 32.1. The third-order valence-electron chi connectivity index (χ3n) is 3.02. The zero-order valence-corrected chi connectivity index (χ0v) is 12.9. The molecular weight excluding hydrogens is 254 g/mol. The molecule has 0 spiro atoms. The molecule has 0 aliphatic carbocycles. The van der Waals surface area contributed by atoms with Gasteiger partial charge in [-0.3, -0.25) is 4.98 Å². The highest BCUT2D eigenvalue weighted by Crippen LogP contribution is 2.29. The van der Waals surface area contributed by atoms with Crippen molar-refractivity contribution in [1.82, 2.24) is 15.3 Å². The van der Waals surface area contributed by atoms with Gasteiger partial charge in [0.05, 0.1) is 5.69 Å². The predicted molar refractivity (Wildman–Crippen MR) is 81.6 cm³/mol. The van der Waals surface area contributed by atoms with Gasteiger partial charge in [0.2, 0.25) is 0 Å². The Morgan fingerprint density at radius 2 is 2.11 bits per heavy atom. The van der Waals surface area contributed by atoms with E-state index in [1.165, 1.54) is 21.7 Å². The first-order chi connectivity index (χ1) is 9.15. The summed E-state index contributed by atoms with van der Waals surface area (Å²) >= 11 is 1.76. The maximum Gasteiger partial charge on any atom is 0.142 e. The van der Waals surface area contributed by atoms with Crippen LogP contribution in [0, 0.1) is 13.8 Å². The molecule has 0 aliphatic heterocycles. The summed E-state index contributed by atoms with van der Waals surface area (Å²) in [5.74, 6) is 0. The average molecular weight is 275 g/mol. The Morgan fingerprint density at radius 3 is 2.74 bits per heavy atom. The summed E-state index contributed by atoms with van der Waals surface area (Å²) in [6.07, 6.45) is 4.08. The molecule has 102 valence electrons. The van der Waals surface area contributed by atoms with E-state index in [4.69, 9.17) is 4.98 Å². The number of thiazole rings is 1. The van der Waals surface area contributed by atoms with Crippen LogP contribution in [0.3, 0.4) is 0 Å². The second-order valence-electron chi connectivity index (χ2n) is 4.85. The Hall–Kier alpha value is -1.26. The second kappa shape index (κ2) is 6.26. The standard InChI is InChI=1S/C15H21N3S/c1-5-6-12-13(9-16-4)19-15(18-12)14-11(3)7-10(2)8-17-14/h7-8,16H,5-6,9H2,1-4H3. The Kier molecular flexibility index (Phi) is 4.66. The first-order valence-corrected chi connectivity index (χ1v) is 7.54. The highest BCUT2D eigenvalue weighted by molar-refractivity contribution is 7.15. The molecule has 0 unspecified atom stereocenters. The van der Waals surface area contributed by atoms with Crippen LogP contribution in [0.15, 0.2) is 12.3 Å². The third-order valence-corrected chi connectivity index (χ3v) is 4.12. The van der Waals surface area contributed by atoms with Gasteiger partial charge in [0.15, 0.2) is 0 Å². The van der Waals surface area contributed by atoms with Crippen LogP contribution >= 0.6 is 11.3 Å². The molecule has 0 fully saturated rings. The van der Waals surface area contributed by atoms with Gasteiger partial charge in [-0.1, -0.05) is 19.4 Å². The number of hydrogen-bond donors (Lipinski definition) is 1. The molecule has 0 bridgehead atoms. The molecule has 2 aromatic rings. The fraction of sp³-hybridized carbons (Fsp3) is 0.467. The number of hydrogen-bond acceptors (Lipinski definition) is 4. The lowest BCUT2D eigenvalue weighted by molar-refractivity contribution is 0.798. The van der Waals surface area contributed by atoms with Crippen molar-refractivity contribution in [3.05, 3.63) is 34.0 Å². The summed E-state index contributed by atoms with van der Waals surface area (Å²) in [4.78, 5) is 10.7. The first kappa shape index (κ1) is 14.2. The smallest absolute Gasteiger partial charge is 0.142 e. The molecular formula is C15H21N3S. The lowest BCUT2D eigenvalue weighted by Crippen LogP contribution is -2.05. The Bertz CT molecular complexity index is 537. The van der Waals surface area contributed by atoms with Gasteiger partial charge in [0.1, 0.15) is 10.7 Å². The largest absolute Gasteiger partial charge is 0.315 e. The number of aryl methyl sites for hydroxylation is 3. The summed E-state index contributed by atoms with van der Waals surface area (Å²) in [7, 11) is 1.98. The minimum Gasteiger partial charge on any atom is -0.315 e. The van der Waals surface area contributed by atoms with Crippen LogP contribution in [0.1, 0.15) is 35.0 Å². The Labute approximate surface area is 119 Å². The Morgan fingerprint density at radius 1 is 1.32 bits per heavy atom. The molecule has 1 N–H and O–H groups in total. The normalized spacial score (nSPS) is 10.9. The average Bonchev–Trinajstić information content (AvgIpc) is 2.73. The molecule has 4 heteroatoms. The molecule has 0 saturated heterocycles. The van der Waals surface area contributed by atoms with Gasteiger partial charge in [0, 0.05) is 17.6 Å². The van der Waals surface area contributed by atoms with E-state index < -0.39 is 0 Å². The van der Waals surface area contributed by atoms with Crippen molar-refractivity contribution >= 4 is 11.3 Å². The molecule has 2 rings (SSSR count). The third kappa shape index (κ3) is 3.19. The van der Waals surface area contributed by atoms with E-state index in [1.807, 2.05) is 13.2 Å². The molecule has 0 amide bonds. The fourth-order valence-electron chi connectivity index (χ4n) is 2.15. The zero-order valence-electron chi connectivity index (χ0n) is 12.1. The quantitative estimate of drug-likeness (QED) is 0.907. The summed E-state index contributed by atoms with van der Waals surface area (Å²) in [6.45, 7) is 7.25. The minimum absolute atomic E-state index is 0.887. The van der Waals surface area contributed by atoms with Crippen molar-refractivity contribution < 1.29 is 0 Å². The van der Waals surface area contributed by atoms with Crippen LogP contribution in [0.4, 0.5) is 0 Å². The molecule has 0 radical (unpaired) electrons. The van der Waals surface area contributed by atoms with E-state index in [0.29, 0.717) is 0 Å². The number of aromatic nitrogens is 2. The van der Waals surface area contributed by atoms with E-state index in [1.54, 1.807) is 11.3 Å². The molecule has 2 aromatic heterocycles. The number of nitrogens with zero attached hydrogens (tertiary/aromatic N) is 2. The summed E-state index contributed by atoms with van der Waals surface area (Å²) in [5, 5.41) is 4.27. The van der Waals surface area contributed by atoms with E-state index in [9.17, 15) is 0 Å². The number of pyridine rings is 1. The highest BCUT2D eigenvalue weighted by Gasteiger charge is 2.14. The van der Waals surface area contributed by atoms with E-state index in [-0.39, 0.29) is 0 Å². The van der Waals surface area contributed by atoms with Crippen molar-refractivity contribution in [3.8, 4) is 10.7 Å². The first-order valence-electron chi connectivity index (χ1n) is 6.72. The monoisotopic (exact) mass is 275 g/mol. The molecule has 0 atom stereocenters. The predicted octanol–water partition coefficient (Wildman–Crippen LogP) is 3.49. The van der Waals surface area contributed by atoms with Gasteiger partial charge in [-0.2, -0.15) is 0 Å². The topological polar surface area (TPSA) is 37.8 Å². The van der Waals surface area contributed by atoms with Crippen LogP contribution in [0.5, 0.6) is 0 Å². The van der Waals surface area contributed by atoms with Crippen LogP contribution < -0.4 is 5.32 Å². The summed E-state index contributed by atoms with van der Waals surface area (Å²) < 4.78 is 0. The molecule has 0 aliphatic rings. The van der Waals surface area contributed by atoms with Gasteiger partial charge >= 0.3 is 0 Å². The van der Waals surface area contributed by atoms with Crippen molar-refractivity contribution in [2.24, 2.45) is 0 Å². The van der Waals surface area contributed by atoms with Gasteiger partial charge in [0.25, 0.3) is 0 Å². The van der Waals surface area contributed by atoms with Crippen molar-refractivity contribution in [1.29, 1.82) is 0 Å². The lowest BCUT2D eigenvalue weighted by atomic mass is 10.2. The second-order valence-corrected chi connectivity index (χ2v) is 5.93. The fourth-order valence-corrected chi connectivity index (χ4v) is 3.34. The number of rotatable bonds is 5. The van der Waals surface area contributed by atoms with Gasteiger partial charge in [-0.15, -0.1) is 11.3 Å². The number of nitrogens with one attached hydrogen (secondary N) is 1. The maximum absolute atomic E-state index is 4.80. The lowest BCUT2D eigenvalue weighted by Gasteiger charge is -2.01. The van der Waals surface area contributed by atoms with E-state index >= 15 is 0 Å². The van der Waals surface area contributed by atoms with Crippen LogP contribution in [0.2, 0.25) is 0 Å².